The van der Waals surface area contributed by atoms with Crippen LogP contribution >= 0.6 is 0 Å². The summed E-state index contributed by atoms with van der Waals surface area (Å²) in [4.78, 5) is 30.0. The number of carbonyl (C=O) groups excluding carboxylic acids is 1. The molecule has 3 aromatic carbocycles. The minimum atomic E-state index is -0.232. The zero-order chi connectivity index (χ0) is 21.9. The highest BCUT2D eigenvalue weighted by Gasteiger charge is 2.22. The Bertz CT molecular complexity index is 1290. The fraction of sp³-hybridized carbons (Fsp3) is 0.200. The first-order valence-corrected chi connectivity index (χ1v) is 10.7. The highest BCUT2D eigenvalue weighted by atomic mass is 16.2. The molecule has 0 unspecified atom stereocenters. The Hall–Kier alpha value is -3.84. The van der Waals surface area contributed by atoms with Gasteiger partial charge in [0.15, 0.2) is 0 Å². The summed E-state index contributed by atoms with van der Waals surface area (Å²) in [6, 6.07) is 24.5. The largest absolute Gasteiger partial charge is 0.336 e. The van der Waals surface area contributed by atoms with Gasteiger partial charge in [-0.25, -0.2) is 0 Å². The number of rotatable bonds is 4. The fourth-order valence-corrected chi connectivity index (χ4v) is 4.04. The van der Waals surface area contributed by atoms with Crippen LogP contribution < -0.4 is 5.56 Å². The summed E-state index contributed by atoms with van der Waals surface area (Å²) in [5, 5.41) is 8.67. The van der Waals surface area contributed by atoms with Gasteiger partial charge in [-0.05, 0) is 42.0 Å². The van der Waals surface area contributed by atoms with Gasteiger partial charge in [-0.2, -0.15) is 4.68 Å². The molecule has 5 rings (SSSR count). The third-order valence-electron chi connectivity index (χ3n) is 5.84. The van der Waals surface area contributed by atoms with Gasteiger partial charge in [0.1, 0.15) is 5.52 Å². The Labute approximate surface area is 185 Å². The lowest BCUT2D eigenvalue weighted by Gasteiger charge is -2.34. The van der Waals surface area contributed by atoms with E-state index in [9.17, 15) is 9.59 Å². The molecule has 1 amide bonds. The van der Waals surface area contributed by atoms with Crippen molar-refractivity contribution in [3.63, 3.8) is 0 Å². The molecule has 32 heavy (non-hydrogen) atoms. The second kappa shape index (κ2) is 8.72. The first-order valence-electron chi connectivity index (χ1n) is 10.7. The third-order valence-corrected chi connectivity index (χ3v) is 5.84. The Morgan fingerprint density at radius 3 is 2.25 bits per heavy atom. The molecule has 160 valence electrons. The molecule has 0 bridgehead atoms. The Kier molecular flexibility index (Phi) is 5.47. The zero-order valence-corrected chi connectivity index (χ0v) is 17.6. The smallest absolute Gasteiger partial charge is 0.282 e. The van der Waals surface area contributed by atoms with Gasteiger partial charge >= 0.3 is 0 Å². The number of aromatic nitrogens is 3. The number of nitrogens with zero attached hydrogens (tertiary/aromatic N) is 5. The Morgan fingerprint density at radius 1 is 0.812 bits per heavy atom. The molecule has 0 saturated carbocycles. The lowest BCUT2D eigenvalue weighted by atomic mass is 10.1. The molecule has 7 nitrogen and oxygen atoms in total. The second-order valence-electron chi connectivity index (χ2n) is 7.92. The van der Waals surface area contributed by atoms with E-state index in [1.54, 1.807) is 42.5 Å². The van der Waals surface area contributed by atoms with Crippen molar-refractivity contribution >= 4 is 16.8 Å². The highest BCUT2D eigenvalue weighted by molar-refractivity contribution is 5.94. The molecular formula is C25H23N5O2. The van der Waals surface area contributed by atoms with Crippen LogP contribution in [0.15, 0.2) is 83.7 Å². The molecule has 1 aromatic heterocycles. The second-order valence-corrected chi connectivity index (χ2v) is 7.92. The van der Waals surface area contributed by atoms with E-state index in [4.69, 9.17) is 0 Å². The minimum Gasteiger partial charge on any atom is -0.336 e. The SMILES string of the molecule is O=C(c1ccc(-n2nnc3ccccc3c2=O)cc1)N1CCN(Cc2ccccc2)CC1. The summed E-state index contributed by atoms with van der Waals surface area (Å²) in [5.74, 6) is 0.00727. The number of piperazine rings is 1. The average molecular weight is 425 g/mol. The number of benzene rings is 3. The lowest BCUT2D eigenvalue weighted by Crippen LogP contribution is -2.48. The van der Waals surface area contributed by atoms with Crippen molar-refractivity contribution in [3.8, 4) is 5.69 Å². The predicted molar refractivity (Wildman–Crippen MR) is 123 cm³/mol. The van der Waals surface area contributed by atoms with E-state index in [-0.39, 0.29) is 11.5 Å². The highest BCUT2D eigenvalue weighted by Crippen LogP contribution is 2.14. The maximum atomic E-state index is 13.0. The van der Waals surface area contributed by atoms with Crippen LogP contribution in [-0.4, -0.2) is 56.9 Å². The molecular weight excluding hydrogens is 402 g/mol. The number of hydrogen-bond donors (Lipinski definition) is 0. The van der Waals surface area contributed by atoms with E-state index in [0.717, 1.165) is 19.6 Å². The van der Waals surface area contributed by atoms with Gasteiger partial charge in [-0.3, -0.25) is 14.5 Å². The van der Waals surface area contributed by atoms with Crippen molar-refractivity contribution in [1.29, 1.82) is 0 Å². The van der Waals surface area contributed by atoms with Crippen molar-refractivity contribution in [1.82, 2.24) is 24.8 Å². The first-order chi connectivity index (χ1) is 15.7. The molecule has 0 aliphatic carbocycles. The molecule has 1 aliphatic heterocycles. The Morgan fingerprint density at radius 2 is 1.50 bits per heavy atom. The lowest BCUT2D eigenvalue weighted by molar-refractivity contribution is 0.0628. The van der Waals surface area contributed by atoms with E-state index < -0.39 is 0 Å². The van der Waals surface area contributed by atoms with E-state index in [2.05, 4.69) is 39.5 Å². The van der Waals surface area contributed by atoms with Crippen LogP contribution in [-0.2, 0) is 6.54 Å². The van der Waals surface area contributed by atoms with Crippen molar-refractivity contribution in [3.05, 3.63) is 100 Å². The normalized spacial score (nSPS) is 14.6. The van der Waals surface area contributed by atoms with E-state index in [1.165, 1.54) is 10.2 Å². The maximum absolute atomic E-state index is 13.0. The van der Waals surface area contributed by atoms with Crippen LogP contribution in [0.1, 0.15) is 15.9 Å². The number of carbonyl (C=O) groups is 1. The summed E-state index contributed by atoms with van der Waals surface area (Å²) in [7, 11) is 0. The zero-order valence-electron chi connectivity index (χ0n) is 17.6. The average Bonchev–Trinajstić information content (AvgIpc) is 2.85. The van der Waals surface area contributed by atoms with E-state index >= 15 is 0 Å². The molecule has 1 fully saturated rings. The van der Waals surface area contributed by atoms with Gasteiger partial charge in [0, 0.05) is 38.3 Å². The van der Waals surface area contributed by atoms with Crippen molar-refractivity contribution in [2.75, 3.05) is 26.2 Å². The van der Waals surface area contributed by atoms with Gasteiger partial charge in [-0.15, -0.1) is 5.10 Å². The van der Waals surface area contributed by atoms with Crippen LogP contribution in [0.2, 0.25) is 0 Å². The molecule has 0 N–H and O–H groups in total. The van der Waals surface area contributed by atoms with Crippen LogP contribution in [0.4, 0.5) is 0 Å². The predicted octanol–water partition coefficient (Wildman–Crippen LogP) is 2.74. The number of hydrogen-bond acceptors (Lipinski definition) is 5. The number of amides is 1. The summed E-state index contributed by atoms with van der Waals surface area (Å²) >= 11 is 0. The topological polar surface area (TPSA) is 71.3 Å². The summed E-state index contributed by atoms with van der Waals surface area (Å²) in [6.45, 7) is 3.99. The summed E-state index contributed by atoms with van der Waals surface area (Å²) in [6.07, 6.45) is 0. The quantitative estimate of drug-likeness (QED) is 0.503. The summed E-state index contributed by atoms with van der Waals surface area (Å²) < 4.78 is 1.26. The number of fused-ring (bicyclic) bond motifs is 1. The van der Waals surface area contributed by atoms with Gasteiger partial charge in [0.2, 0.25) is 0 Å². The monoisotopic (exact) mass is 425 g/mol. The molecule has 1 saturated heterocycles. The molecule has 0 spiro atoms. The molecule has 4 aromatic rings. The summed E-state index contributed by atoms with van der Waals surface area (Å²) in [5.41, 5.74) is 2.80. The van der Waals surface area contributed by atoms with Crippen LogP contribution in [0.25, 0.3) is 16.6 Å². The third kappa shape index (κ3) is 4.02. The van der Waals surface area contributed by atoms with Gasteiger partial charge in [0.05, 0.1) is 11.1 Å². The fourth-order valence-electron chi connectivity index (χ4n) is 4.04. The first kappa shape index (κ1) is 20.1. The maximum Gasteiger partial charge on any atom is 0.282 e. The van der Waals surface area contributed by atoms with Gasteiger partial charge in [-0.1, -0.05) is 47.7 Å². The van der Waals surface area contributed by atoms with Crippen LogP contribution in [0.3, 0.4) is 0 Å². The van der Waals surface area contributed by atoms with Crippen molar-refractivity contribution < 1.29 is 4.79 Å². The van der Waals surface area contributed by atoms with Crippen LogP contribution in [0.5, 0.6) is 0 Å². The van der Waals surface area contributed by atoms with E-state index in [0.29, 0.717) is 35.2 Å². The molecule has 0 radical (unpaired) electrons. The standard InChI is InChI=1S/C25H23N5O2/c31-24(29-16-14-28(15-17-29)18-19-6-2-1-3-7-19)20-10-12-21(13-11-20)30-25(32)22-8-4-5-9-23(22)26-27-30/h1-13H,14-18H2. The van der Waals surface area contributed by atoms with Crippen molar-refractivity contribution in [2.45, 2.75) is 6.54 Å². The molecule has 2 heterocycles. The van der Waals surface area contributed by atoms with E-state index in [1.807, 2.05) is 17.0 Å². The van der Waals surface area contributed by atoms with Gasteiger partial charge < -0.3 is 4.90 Å². The minimum absolute atomic E-state index is 0.00727. The molecule has 0 atom stereocenters. The molecule has 1 aliphatic rings. The van der Waals surface area contributed by atoms with Crippen LogP contribution in [0, 0.1) is 0 Å². The van der Waals surface area contributed by atoms with Crippen molar-refractivity contribution in [2.24, 2.45) is 0 Å². The Balaban J connectivity index is 1.26. The van der Waals surface area contributed by atoms with Gasteiger partial charge in [0.25, 0.3) is 11.5 Å². The molecule has 7 heteroatoms.